The average Bonchev–Trinajstić information content (AvgIpc) is 3.48. The standard InChI is InChI=1S/C24H21F3N4O4/c1-29-18-10-20(14-3-5-16(6-4-14)24(25,26)27)35-21(18)11-19(29)23(33)31-8-2-7-30-12-15(22(32)28-34)9-17(30)13-31/h3-6,9-12,34H,2,7-8,13H2,1H3,(H,28,32). The number of hydroxylamine groups is 1. The first-order chi connectivity index (χ1) is 16.7. The van der Waals surface area contributed by atoms with E-state index in [-0.39, 0.29) is 5.91 Å². The maximum absolute atomic E-state index is 13.4. The maximum Gasteiger partial charge on any atom is 0.416 e. The fourth-order valence-corrected chi connectivity index (χ4v) is 4.41. The quantitative estimate of drug-likeness (QED) is 0.331. The van der Waals surface area contributed by atoms with Crippen molar-refractivity contribution in [1.29, 1.82) is 0 Å². The Morgan fingerprint density at radius 1 is 1.09 bits per heavy atom. The van der Waals surface area contributed by atoms with Crippen LogP contribution in [0.5, 0.6) is 0 Å². The minimum absolute atomic E-state index is 0.210. The van der Waals surface area contributed by atoms with Crippen LogP contribution in [0, 0.1) is 0 Å². The Morgan fingerprint density at radius 3 is 2.49 bits per heavy atom. The molecule has 8 nitrogen and oxygen atoms in total. The van der Waals surface area contributed by atoms with Crippen LogP contribution in [0.2, 0.25) is 0 Å². The molecule has 182 valence electrons. The lowest BCUT2D eigenvalue weighted by atomic mass is 10.1. The van der Waals surface area contributed by atoms with E-state index in [1.165, 1.54) is 12.1 Å². The lowest BCUT2D eigenvalue weighted by molar-refractivity contribution is -0.137. The summed E-state index contributed by atoms with van der Waals surface area (Å²) >= 11 is 0. The molecule has 0 spiro atoms. The van der Waals surface area contributed by atoms with E-state index in [0.717, 1.165) is 17.8 Å². The number of carbonyl (C=O) groups excluding carboxylic acids is 2. The van der Waals surface area contributed by atoms with Crippen LogP contribution in [0.15, 0.2) is 53.1 Å². The number of fused-ring (bicyclic) bond motifs is 2. The number of nitrogens with one attached hydrogen (secondary N) is 1. The monoisotopic (exact) mass is 486 g/mol. The maximum atomic E-state index is 13.4. The molecule has 2 N–H and O–H groups in total. The number of aryl methyl sites for hydroxylation is 2. The Labute approximate surface area is 197 Å². The molecule has 0 bridgehead atoms. The van der Waals surface area contributed by atoms with Gasteiger partial charge in [-0.05, 0) is 24.6 Å². The molecule has 5 rings (SSSR count). The molecule has 1 aliphatic rings. The van der Waals surface area contributed by atoms with E-state index < -0.39 is 17.6 Å². The van der Waals surface area contributed by atoms with Gasteiger partial charge in [-0.15, -0.1) is 0 Å². The zero-order chi connectivity index (χ0) is 24.9. The number of aromatic nitrogens is 2. The largest absolute Gasteiger partial charge is 0.454 e. The summed E-state index contributed by atoms with van der Waals surface area (Å²) in [5.74, 6) is -0.423. The number of furan rings is 1. The van der Waals surface area contributed by atoms with Crippen LogP contribution in [-0.4, -0.2) is 37.6 Å². The van der Waals surface area contributed by atoms with Crippen LogP contribution in [0.3, 0.4) is 0 Å². The second-order valence-corrected chi connectivity index (χ2v) is 8.46. The highest BCUT2D eigenvalue weighted by molar-refractivity contribution is 5.98. The highest BCUT2D eigenvalue weighted by Crippen LogP contribution is 2.34. The van der Waals surface area contributed by atoms with Gasteiger partial charge >= 0.3 is 6.18 Å². The Balaban J connectivity index is 1.40. The minimum atomic E-state index is -4.41. The van der Waals surface area contributed by atoms with Crippen LogP contribution >= 0.6 is 0 Å². The predicted molar refractivity (Wildman–Crippen MR) is 119 cm³/mol. The number of hydrogen-bond acceptors (Lipinski definition) is 4. The summed E-state index contributed by atoms with van der Waals surface area (Å²) in [6.45, 7) is 1.44. The van der Waals surface area contributed by atoms with E-state index in [1.807, 2.05) is 4.57 Å². The molecule has 1 aliphatic heterocycles. The van der Waals surface area contributed by atoms with Gasteiger partial charge < -0.3 is 18.5 Å². The van der Waals surface area contributed by atoms with E-state index in [4.69, 9.17) is 9.62 Å². The summed E-state index contributed by atoms with van der Waals surface area (Å²) in [6.07, 6.45) is -2.08. The minimum Gasteiger partial charge on any atom is -0.454 e. The predicted octanol–water partition coefficient (Wildman–Crippen LogP) is 4.42. The van der Waals surface area contributed by atoms with Gasteiger partial charge in [-0.3, -0.25) is 14.8 Å². The number of hydrogen-bond donors (Lipinski definition) is 2. The lowest BCUT2D eigenvalue weighted by Gasteiger charge is -2.20. The molecule has 4 heterocycles. The van der Waals surface area contributed by atoms with Crippen molar-refractivity contribution in [2.75, 3.05) is 6.54 Å². The summed E-state index contributed by atoms with van der Waals surface area (Å²) in [5, 5.41) is 8.88. The Kier molecular flexibility index (Phi) is 5.43. The molecule has 3 aromatic heterocycles. The molecular formula is C24H21F3N4O4. The summed E-state index contributed by atoms with van der Waals surface area (Å²) in [5.41, 5.74) is 3.96. The molecule has 1 aromatic carbocycles. The number of halogens is 3. The van der Waals surface area contributed by atoms with Gasteiger partial charge in [0.25, 0.3) is 11.8 Å². The molecule has 11 heteroatoms. The highest BCUT2D eigenvalue weighted by atomic mass is 19.4. The van der Waals surface area contributed by atoms with Gasteiger partial charge in [0.1, 0.15) is 11.5 Å². The summed E-state index contributed by atoms with van der Waals surface area (Å²) in [7, 11) is 1.73. The van der Waals surface area contributed by atoms with Crippen molar-refractivity contribution in [2.45, 2.75) is 25.7 Å². The number of benzene rings is 1. The number of amides is 2. The topological polar surface area (TPSA) is 92.6 Å². The van der Waals surface area contributed by atoms with Gasteiger partial charge in [-0.1, -0.05) is 12.1 Å². The third-order valence-electron chi connectivity index (χ3n) is 6.26. The SMILES string of the molecule is Cn1c(C(=O)N2CCCn3cc(C(=O)NO)cc3C2)cc2oc(-c3ccc(C(F)(F)F)cc3)cc21. The first kappa shape index (κ1) is 22.8. The normalized spacial score (nSPS) is 14.1. The van der Waals surface area contributed by atoms with Crippen LogP contribution in [0.25, 0.3) is 22.4 Å². The zero-order valence-corrected chi connectivity index (χ0v) is 18.6. The Bertz CT molecular complexity index is 1430. The van der Waals surface area contributed by atoms with Crippen molar-refractivity contribution in [2.24, 2.45) is 7.05 Å². The molecule has 2 amide bonds. The van der Waals surface area contributed by atoms with Gasteiger partial charge in [-0.25, -0.2) is 5.48 Å². The summed E-state index contributed by atoms with van der Waals surface area (Å²) < 4.78 is 48.0. The molecule has 4 aromatic rings. The number of rotatable bonds is 3. The molecule has 0 saturated heterocycles. The van der Waals surface area contributed by atoms with Gasteiger partial charge in [0.05, 0.1) is 23.2 Å². The van der Waals surface area contributed by atoms with Crippen molar-refractivity contribution in [3.63, 3.8) is 0 Å². The molecule has 0 unspecified atom stereocenters. The number of carbonyl (C=O) groups is 2. The fraction of sp³-hybridized carbons (Fsp3) is 0.250. The molecular weight excluding hydrogens is 465 g/mol. The van der Waals surface area contributed by atoms with Crippen molar-refractivity contribution < 1.29 is 32.4 Å². The summed E-state index contributed by atoms with van der Waals surface area (Å²) in [6, 6.07) is 9.67. The molecule has 0 atom stereocenters. The lowest BCUT2D eigenvalue weighted by Crippen LogP contribution is -2.32. The molecule has 0 aliphatic carbocycles. The average molecular weight is 486 g/mol. The van der Waals surface area contributed by atoms with E-state index in [0.29, 0.717) is 59.7 Å². The van der Waals surface area contributed by atoms with Gasteiger partial charge in [-0.2, -0.15) is 13.2 Å². The van der Waals surface area contributed by atoms with Gasteiger partial charge in [0.2, 0.25) is 0 Å². The van der Waals surface area contributed by atoms with E-state index in [9.17, 15) is 22.8 Å². The van der Waals surface area contributed by atoms with Crippen LogP contribution in [0.4, 0.5) is 13.2 Å². The Hall–Kier alpha value is -3.99. The fourth-order valence-electron chi connectivity index (χ4n) is 4.41. The smallest absolute Gasteiger partial charge is 0.416 e. The van der Waals surface area contributed by atoms with Crippen LogP contribution < -0.4 is 5.48 Å². The first-order valence-corrected chi connectivity index (χ1v) is 10.9. The summed E-state index contributed by atoms with van der Waals surface area (Å²) in [4.78, 5) is 26.8. The molecule has 0 fully saturated rings. The third-order valence-corrected chi connectivity index (χ3v) is 6.26. The third kappa shape index (κ3) is 4.08. The van der Waals surface area contributed by atoms with Crippen molar-refractivity contribution in [1.82, 2.24) is 19.5 Å². The van der Waals surface area contributed by atoms with Crippen molar-refractivity contribution in [3.8, 4) is 11.3 Å². The second kappa shape index (κ2) is 8.35. The van der Waals surface area contributed by atoms with Crippen molar-refractivity contribution >= 4 is 22.9 Å². The molecule has 0 saturated carbocycles. The molecule has 0 radical (unpaired) electrons. The van der Waals surface area contributed by atoms with Gasteiger partial charge in [0.15, 0.2) is 5.58 Å². The zero-order valence-electron chi connectivity index (χ0n) is 18.6. The van der Waals surface area contributed by atoms with Crippen LogP contribution in [-0.2, 0) is 26.3 Å². The highest BCUT2D eigenvalue weighted by Gasteiger charge is 2.30. The number of nitrogens with zero attached hydrogens (tertiary/aromatic N) is 3. The second-order valence-electron chi connectivity index (χ2n) is 8.46. The molecule has 35 heavy (non-hydrogen) atoms. The van der Waals surface area contributed by atoms with Gasteiger partial charge in [0, 0.05) is 49.7 Å². The van der Waals surface area contributed by atoms with E-state index >= 15 is 0 Å². The first-order valence-electron chi connectivity index (χ1n) is 10.9. The number of alkyl halides is 3. The van der Waals surface area contributed by atoms with E-state index in [1.54, 1.807) is 46.4 Å². The van der Waals surface area contributed by atoms with E-state index in [2.05, 4.69) is 0 Å². The van der Waals surface area contributed by atoms with Crippen LogP contribution in [0.1, 0.15) is 38.5 Å². The Morgan fingerprint density at radius 2 is 1.83 bits per heavy atom. The van der Waals surface area contributed by atoms with Crippen molar-refractivity contribution in [3.05, 3.63) is 71.2 Å².